The van der Waals surface area contributed by atoms with Crippen molar-refractivity contribution in [3.8, 4) is 5.69 Å². The van der Waals surface area contributed by atoms with Gasteiger partial charge in [-0.05, 0) is 50.2 Å². The molecule has 7 heteroatoms. The first-order chi connectivity index (χ1) is 12.9. The molecule has 1 atom stereocenters. The predicted octanol–water partition coefficient (Wildman–Crippen LogP) is 4.26. The van der Waals surface area contributed by atoms with Gasteiger partial charge in [-0.1, -0.05) is 29.8 Å². The molecule has 1 amide bonds. The molecule has 0 saturated carbocycles. The fourth-order valence-corrected chi connectivity index (χ4v) is 3.70. The molecule has 5 nitrogen and oxygen atoms in total. The standard InChI is InChI=1S/C20H20ClN3O2S/c1-13-18(20(26)24(23(13)3)16-7-5-4-6-8-16)22-19(25)14(2)27-17-11-9-15(21)10-12-17/h4-12,14H,1-3H3,(H,22,25). The highest BCUT2D eigenvalue weighted by molar-refractivity contribution is 8.00. The van der Waals surface area contributed by atoms with Gasteiger partial charge < -0.3 is 5.32 Å². The van der Waals surface area contributed by atoms with Crippen molar-refractivity contribution in [1.29, 1.82) is 0 Å². The zero-order valence-electron chi connectivity index (χ0n) is 15.3. The summed E-state index contributed by atoms with van der Waals surface area (Å²) in [7, 11) is 1.80. The SMILES string of the molecule is Cc1c(NC(=O)C(C)Sc2ccc(Cl)cc2)c(=O)n(-c2ccccc2)n1C. The summed E-state index contributed by atoms with van der Waals surface area (Å²) in [5, 5.41) is 3.09. The van der Waals surface area contributed by atoms with Crippen molar-refractivity contribution in [3.63, 3.8) is 0 Å². The first-order valence-corrected chi connectivity index (χ1v) is 9.71. The molecule has 0 aliphatic heterocycles. The molecule has 1 N–H and O–H groups in total. The smallest absolute Gasteiger partial charge is 0.295 e. The Balaban J connectivity index is 1.82. The maximum Gasteiger partial charge on any atom is 0.295 e. The lowest BCUT2D eigenvalue weighted by molar-refractivity contribution is -0.115. The molecule has 1 aromatic heterocycles. The van der Waals surface area contributed by atoms with Gasteiger partial charge >= 0.3 is 0 Å². The average molecular weight is 402 g/mol. The van der Waals surface area contributed by atoms with Gasteiger partial charge in [0.25, 0.3) is 5.56 Å². The fraction of sp³-hybridized carbons (Fsp3) is 0.200. The molecule has 0 aliphatic carbocycles. The Labute approximate surface area is 166 Å². The first kappa shape index (κ1) is 19.3. The third kappa shape index (κ3) is 4.12. The number of hydrogen-bond acceptors (Lipinski definition) is 3. The number of nitrogens with one attached hydrogen (secondary N) is 1. The van der Waals surface area contributed by atoms with E-state index in [0.717, 1.165) is 10.6 Å². The van der Waals surface area contributed by atoms with Crippen LogP contribution in [0.5, 0.6) is 0 Å². The molecule has 3 aromatic rings. The number of carbonyl (C=O) groups is 1. The van der Waals surface area contributed by atoms with Gasteiger partial charge in [-0.3, -0.25) is 14.3 Å². The van der Waals surface area contributed by atoms with E-state index in [-0.39, 0.29) is 16.7 Å². The molecule has 1 unspecified atom stereocenters. The molecule has 140 valence electrons. The average Bonchev–Trinajstić information content (AvgIpc) is 2.87. The minimum Gasteiger partial charge on any atom is -0.319 e. The van der Waals surface area contributed by atoms with E-state index in [1.807, 2.05) is 56.3 Å². The van der Waals surface area contributed by atoms with Crippen molar-refractivity contribution in [2.75, 3.05) is 5.32 Å². The number of carbonyl (C=O) groups excluding carboxylic acids is 1. The normalized spacial score (nSPS) is 12.0. The number of nitrogens with zero attached hydrogens (tertiary/aromatic N) is 2. The Morgan fingerprint density at radius 3 is 2.37 bits per heavy atom. The molecule has 0 radical (unpaired) electrons. The molecule has 0 bridgehead atoms. The number of aromatic nitrogens is 2. The molecule has 0 aliphatic rings. The zero-order chi connectivity index (χ0) is 19.6. The molecule has 3 rings (SSSR count). The molecular weight excluding hydrogens is 382 g/mol. The van der Waals surface area contributed by atoms with Crippen molar-refractivity contribution in [2.45, 2.75) is 24.0 Å². The van der Waals surface area contributed by atoms with Gasteiger partial charge in [0.1, 0.15) is 5.69 Å². The molecular formula is C20H20ClN3O2S. The van der Waals surface area contributed by atoms with E-state index in [9.17, 15) is 9.59 Å². The van der Waals surface area contributed by atoms with E-state index in [1.165, 1.54) is 11.8 Å². The largest absolute Gasteiger partial charge is 0.319 e. The second kappa shape index (κ2) is 8.06. The summed E-state index contributed by atoms with van der Waals surface area (Å²) in [6, 6.07) is 16.6. The number of halogens is 1. The lowest BCUT2D eigenvalue weighted by Crippen LogP contribution is -2.27. The quantitative estimate of drug-likeness (QED) is 0.650. The van der Waals surface area contributed by atoms with Gasteiger partial charge in [0.15, 0.2) is 0 Å². The topological polar surface area (TPSA) is 56.0 Å². The number of amides is 1. The van der Waals surface area contributed by atoms with Gasteiger partial charge in [0.05, 0.1) is 16.6 Å². The summed E-state index contributed by atoms with van der Waals surface area (Å²) < 4.78 is 3.28. The number of thioether (sulfide) groups is 1. The lowest BCUT2D eigenvalue weighted by atomic mass is 10.3. The Morgan fingerprint density at radius 1 is 1.11 bits per heavy atom. The Morgan fingerprint density at radius 2 is 1.74 bits per heavy atom. The molecule has 0 fully saturated rings. The highest BCUT2D eigenvalue weighted by atomic mass is 35.5. The van der Waals surface area contributed by atoms with Crippen molar-refractivity contribution in [3.05, 3.63) is 75.7 Å². The Kier molecular flexibility index (Phi) is 5.77. The van der Waals surface area contributed by atoms with Crippen molar-refractivity contribution < 1.29 is 4.79 Å². The number of benzene rings is 2. The molecule has 0 spiro atoms. The van der Waals surface area contributed by atoms with Crippen molar-refractivity contribution in [1.82, 2.24) is 9.36 Å². The monoisotopic (exact) mass is 401 g/mol. The maximum atomic E-state index is 12.9. The molecule has 1 heterocycles. The van der Waals surface area contributed by atoms with Crippen LogP contribution in [0.3, 0.4) is 0 Å². The van der Waals surface area contributed by atoms with Crippen molar-refractivity contribution >= 4 is 35.0 Å². The highest BCUT2D eigenvalue weighted by Crippen LogP contribution is 2.25. The second-order valence-electron chi connectivity index (χ2n) is 6.14. The van der Waals surface area contributed by atoms with E-state index in [4.69, 9.17) is 11.6 Å². The van der Waals surface area contributed by atoms with Crippen LogP contribution >= 0.6 is 23.4 Å². The van der Waals surface area contributed by atoms with E-state index >= 15 is 0 Å². The van der Waals surface area contributed by atoms with Gasteiger partial charge in [-0.15, -0.1) is 11.8 Å². The summed E-state index contributed by atoms with van der Waals surface area (Å²) >= 11 is 7.31. The van der Waals surface area contributed by atoms with E-state index in [2.05, 4.69) is 5.32 Å². The number of para-hydroxylation sites is 1. The number of hydrogen-bond donors (Lipinski definition) is 1. The Bertz CT molecular complexity index is 1010. The van der Waals surface area contributed by atoms with Crippen LogP contribution in [0.15, 0.2) is 64.3 Å². The van der Waals surface area contributed by atoms with Crippen LogP contribution in [-0.2, 0) is 11.8 Å². The number of anilines is 1. The summed E-state index contributed by atoms with van der Waals surface area (Å²) in [6.45, 7) is 3.62. The van der Waals surface area contributed by atoms with E-state index < -0.39 is 0 Å². The van der Waals surface area contributed by atoms with Crippen LogP contribution in [-0.4, -0.2) is 20.5 Å². The van der Waals surface area contributed by atoms with Gasteiger partial charge in [0.2, 0.25) is 5.91 Å². The van der Waals surface area contributed by atoms with Crippen LogP contribution in [0.25, 0.3) is 5.69 Å². The summed E-state index contributed by atoms with van der Waals surface area (Å²) in [6.07, 6.45) is 0. The van der Waals surface area contributed by atoms with E-state index in [0.29, 0.717) is 16.4 Å². The lowest BCUT2D eigenvalue weighted by Gasteiger charge is -2.11. The van der Waals surface area contributed by atoms with Crippen LogP contribution in [0.1, 0.15) is 12.6 Å². The van der Waals surface area contributed by atoms with Crippen LogP contribution in [0.4, 0.5) is 5.69 Å². The number of rotatable bonds is 5. The van der Waals surface area contributed by atoms with Gasteiger partial charge in [0, 0.05) is 17.0 Å². The maximum absolute atomic E-state index is 12.9. The third-order valence-corrected chi connectivity index (χ3v) is 5.66. The highest BCUT2D eigenvalue weighted by Gasteiger charge is 2.21. The molecule has 2 aromatic carbocycles. The molecule has 27 heavy (non-hydrogen) atoms. The Hall–Kier alpha value is -2.44. The predicted molar refractivity (Wildman–Crippen MR) is 111 cm³/mol. The van der Waals surface area contributed by atoms with Crippen LogP contribution in [0.2, 0.25) is 5.02 Å². The third-order valence-electron chi connectivity index (χ3n) is 4.30. The van der Waals surface area contributed by atoms with Gasteiger partial charge in [-0.25, -0.2) is 4.68 Å². The van der Waals surface area contributed by atoms with Crippen LogP contribution in [0, 0.1) is 6.92 Å². The zero-order valence-corrected chi connectivity index (χ0v) is 16.8. The van der Waals surface area contributed by atoms with Crippen molar-refractivity contribution in [2.24, 2.45) is 7.05 Å². The second-order valence-corrected chi connectivity index (χ2v) is 7.99. The van der Waals surface area contributed by atoms with Gasteiger partial charge in [-0.2, -0.15) is 0 Å². The molecule has 0 saturated heterocycles. The first-order valence-electron chi connectivity index (χ1n) is 8.45. The minimum absolute atomic E-state index is 0.221. The summed E-state index contributed by atoms with van der Waals surface area (Å²) in [4.78, 5) is 26.4. The summed E-state index contributed by atoms with van der Waals surface area (Å²) in [5.41, 5.74) is 1.49. The summed E-state index contributed by atoms with van der Waals surface area (Å²) in [5.74, 6) is -0.221. The minimum atomic E-state index is -0.365. The van der Waals surface area contributed by atoms with E-state index in [1.54, 1.807) is 28.5 Å². The fourth-order valence-electron chi connectivity index (χ4n) is 2.71. The van der Waals surface area contributed by atoms with Crippen LogP contribution < -0.4 is 10.9 Å².